The molecule has 0 aromatic carbocycles. The molecule has 7 heteroatoms. The van der Waals surface area contributed by atoms with Gasteiger partial charge in [0.25, 0.3) is 0 Å². The highest BCUT2D eigenvalue weighted by atomic mass is 19.4. The van der Waals surface area contributed by atoms with E-state index in [1.807, 2.05) is 4.90 Å². The molecule has 0 radical (unpaired) electrons. The Kier molecular flexibility index (Phi) is 3.47. The molecule has 1 saturated carbocycles. The minimum Gasteiger partial charge on any atom is -0.356 e. The predicted molar refractivity (Wildman–Crippen MR) is 83.4 cm³/mol. The summed E-state index contributed by atoms with van der Waals surface area (Å²) in [6.07, 6.45) is 3.05. The number of nitrogens with zero attached hydrogens (tertiary/aromatic N) is 4. The summed E-state index contributed by atoms with van der Waals surface area (Å²) in [5.41, 5.74) is -0.0523. The minimum atomic E-state index is -4.49. The number of anilines is 1. The van der Waals surface area contributed by atoms with Gasteiger partial charge >= 0.3 is 6.18 Å². The van der Waals surface area contributed by atoms with Gasteiger partial charge in [-0.25, -0.2) is 9.97 Å². The Bertz CT molecular complexity index is 741. The number of rotatable bonds is 2. The molecule has 4 nitrogen and oxygen atoms in total. The molecule has 126 valence electrons. The van der Waals surface area contributed by atoms with E-state index in [1.54, 1.807) is 12.1 Å². The summed E-state index contributed by atoms with van der Waals surface area (Å²) < 4.78 is 39.8. The average Bonchev–Trinajstić information content (AvgIpc) is 3.33. The zero-order valence-electron chi connectivity index (χ0n) is 13.1. The fraction of sp³-hybridized carbons (Fsp3) is 0.471. The molecule has 2 aromatic heterocycles. The summed E-state index contributed by atoms with van der Waals surface area (Å²) in [6, 6.07) is 4.32. The first-order chi connectivity index (χ1) is 11.5. The van der Waals surface area contributed by atoms with E-state index in [9.17, 15) is 13.2 Å². The number of alkyl halides is 3. The molecule has 2 fully saturated rings. The Labute approximate surface area is 137 Å². The van der Waals surface area contributed by atoms with Crippen molar-refractivity contribution in [2.24, 2.45) is 5.41 Å². The highest BCUT2D eigenvalue weighted by molar-refractivity contribution is 5.57. The van der Waals surface area contributed by atoms with Gasteiger partial charge in [-0.1, -0.05) is 0 Å². The number of hydrogen-bond donors (Lipinski definition) is 0. The molecule has 0 amide bonds. The van der Waals surface area contributed by atoms with Crippen molar-refractivity contribution in [1.29, 1.82) is 0 Å². The van der Waals surface area contributed by atoms with Crippen molar-refractivity contribution in [2.75, 3.05) is 18.0 Å². The molecule has 2 aromatic rings. The van der Waals surface area contributed by atoms with Crippen LogP contribution in [0.5, 0.6) is 0 Å². The van der Waals surface area contributed by atoms with Crippen LogP contribution in [0.15, 0.2) is 30.6 Å². The maximum Gasteiger partial charge on any atom is 0.433 e. The quantitative estimate of drug-likeness (QED) is 0.834. The van der Waals surface area contributed by atoms with E-state index < -0.39 is 11.9 Å². The Hall–Kier alpha value is -2.18. The number of halogens is 3. The third kappa shape index (κ3) is 2.95. The third-order valence-corrected chi connectivity index (χ3v) is 4.88. The number of hydrogen-bond acceptors (Lipinski definition) is 4. The summed E-state index contributed by atoms with van der Waals surface area (Å²) in [5, 5.41) is 0. The van der Waals surface area contributed by atoms with E-state index in [0.717, 1.165) is 44.8 Å². The standard InChI is InChI=1S/C17H17F3N4/c18-17(19,20)13-10-14(24-9-1-4-16(11-24)5-6-16)23-15(22-13)12-2-7-21-8-3-12/h2-3,7-8,10H,1,4-6,9,11H2. The lowest BCUT2D eigenvalue weighted by atomic mass is 9.95. The fourth-order valence-electron chi connectivity index (χ4n) is 3.36. The van der Waals surface area contributed by atoms with E-state index in [0.29, 0.717) is 16.8 Å². The van der Waals surface area contributed by atoms with Crippen LogP contribution in [0.2, 0.25) is 0 Å². The van der Waals surface area contributed by atoms with Gasteiger partial charge in [-0.2, -0.15) is 13.2 Å². The molecular weight excluding hydrogens is 317 g/mol. The molecule has 1 spiro atoms. The summed E-state index contributed by atoms with van der Waals surface area (Å²) in [5.74, 6) is 0.466. The van der Waals surface area contributed by atoms with Crippen LogP contribution in [0.1, 0.15) is 31.4 Å². The van der Waals surface area contributed by atoms with Gasteiger partial charge in [0, 0.05) is 37.1 Å². The Morgan fingerprint density at radius 1 is 1.04 bits per heavy atom. The second kappa shape index (κ2) is 5.43. The first kappa shape index (κ1) is 15.4. The lowest BCUT2D eigenvalue weighted by molar-refractivity contribution is -0.141. The van der Waals surface area contributed by atoms with Crippen LogP contribution in [-0.2, 0) is 6.18 Å². The van der Waals surface area contributed by atoms with Crippen molar-refractivity contribution in [3.8, 4) is 11.4 Å². The van der Waals surface area contributed by atoms with E-state index >= 15 is 0 Å². The van der Waals surface area contributed by atoms with Crippen LogP contribution >= 0.6 is 0 Å². The van der Waals surface area contributed by atoms with Crippen LogP contribution in [0.4, 0.5) is 19.0 Å². The Balaban J connectivity index is 1.75. The molecule has 1 aliphatic heterocycles. The highest BCUT2D eigenvalue weighted by Gasteiger charge is 2.46. The third-order valence-electron chi connectivity index (χ3n) is 4.88. The maximum atomic E-state index is 13.3. The van der Waals surface area contributed by atoms with Crippen molar-refractivity contribution in [2.45, 2.75) is 31.9 Å². The monoisotopic (exact) mass is 334 g/mol. The largest absolute Gasteiger partial charge is 0.433 e. The van der Waals surface area contributed by atoms with E-state index in [4.69, 9.17) is 0 Å². The molecule has 3 heterocycles. The molecule has 2 aliphatic rings. The van der Waals surface area contributed by atoms with Crippen molar-refractivity contribution in [1.82, 2.24) is 15.0 Å². The zero-order valence-corrected chi connectivity index (χ0v) is 13.1. The van der Waals surface area contributed by atoms with Gasteiger partial charge in [-0.3, -0.25) is 4.98 Å². The molecule has 0 bridgehead atoms. The van der Waals surface area contributed by atoms with E-state index in [-0.39, 0.29) is 5.82 Å². The van der Waals surface area contributed by atoms with Crippen molar-refractivity contribution in [3.05, 3.63) is 36.3 Å². The van der Waals surface area contributed by atoms with Crippen molar-refractivity contribution in [3.63, 3.8) is 0 Å². The van der Waals surface area contributed by atoms with Gasteiger partial charge in [0.2, 0.25) is 0 Å². The summed E-state index contributed by atoms with van der Waals surface area (Å²) in [6.45, 7) is 1.53. The molecule has 0 atom stereocenters. The highest BCUT2D eigenvalue weighted by Crippen LogP contribution is 2.52. The van der Waals surface area contributed by atoms with Gasteiger partial charge in [0.1, 0.15) is 5.82 Å². The maximum absolute atomic E-state index is 13.3. The molecule has 0 N–H and O–H groups in total. The second-order valence-electron chi connectivity index (χ2n) is 6.69. The lowest BCUT2D eigenvalue weighted by Gasteiger charge is -2.34. The first-order valence-electron chi connectivity index (χ1n) is 8.07. The van der Waals surface area contributed by atoms with E-state index in [1.165, 1.54) is 12.4 Å². The van der Waals surface area contributed by atoms with Crippen LogP contribution in [0.3, 0.4) is 0 Å². The van der Waals surface area contributed by atoms with Gasteiger partial charge in [-0.15, -0.1) is 0 Å². The van der Waals surface area contributed by atoms with Gasteiger partial charge in [-0.05, 0) is 43.2 Å². The Morgan fingerprint density at radius 2 is 1.79 bits per heavy atom. The SMILES string of the molecule is FC(F)(F)c1cc(N2CCCC3(CC3)C2)nc(-c2ccncc2)n1. The molecule has 4 rings (SSSR count). The zero-order chi connectivity index (χ0) is 16.8. The average molecular weight is 334 g/mol. The molecule has 1 aliphatic carbocycles. The summed E-state index contributed by atoms with van der Waals surface area (Å²) in [4.78, 5) is 14.0. The smallest absolute Gasteiger partial charge is 0.356 e. The van der Waals surface area contributed by atoms with Gasteiger partial charge in [0.15, 0.2) is 11.5 Å². The van der Waals surface area contributed by atoms with Crippen LogP contribution in [-0.4, -0.2) is 28.0 Å². The summed E-state index contributed by atoms with van der Waals surface area (Å²) >= 11 is 0. The topological polar surface area (TPSA) is 41.9 Å². The van der Waals surface area contributed by atoms with Gasteiger partial charge < -0.3 is 4.90 Å². The number of aromatic nitrogens is 3. The number of pyridine rings is 1. The molecular formula is C17H17F3N4. The Morgan fingerprint density at radius 3 is 2.46 bits per heavy atom. The molecule has 24 heavy (non-hydrogen) atoms. The molecule has 1 saturated heterocycles. The van der Waals surface area contributed by atoms with Crippen LogP contribution < -0.4 is 4.90 Å². The fourth-order valence-corrected chi connectivity index (χ4v) is 3.36. The van der Waals surface area contributed by atoms with E-state index in [2.05, 4.69) is 15.0 Å². The van der Waals surface area contributed by atoms with Gasteiger partial charge in [0.05, 0.1) is 0 Å². The number of piperidine rings is 1. The summed E-state index contributed by atoms with van der Waals surface area (Å²) in [7, 11) is 0. The van der Waals surface area contributed by atoms with Crippen LogP contribution in [0, 0.1) is 5.41 Å². The minimum absolute atomic E-state index is 0.0950. The van der Waals surface area contributed by atoms with Crippen molar-refractivity contribution >= 4 is 5.82 Å². The normalized spacial score (nSPS) is 19.5. The molecule has 0 unspecified atom stereocenters. The second-order valence-corrected chi connectivity index (χ2v) is 6.69. The van der Waals surface area contributed by atoms with Crippen molar-refractivity contribution < 1.29 is 13.2 Å². The predicted octanol–water partition coefficient (Wildman–Crippen LogP) is 3.94. The van der Waals surface area contributed by atoms with Crippen LogP contribution in [0.25, 0.3) is 11.4 Å². The first-order valence-corrected chi connectivity index (χ1v) is 8.07. The lowest BCUT2D eigenvalue weighted by Crippen LogP contribution is -2.37.